The number of fused-ring (bicyclic) bond motifs is 2. The summed E-state index contributed by atoms with van der Waals surface area (Å²) in [5, 5.41) is 3.16. The Morgan fingerprint density at radius 3 is 2.81 bits per heavy atom. The summed E-state index contributed by atoms with van der Waals surface area (Å²) in [7, 11) is 1.95. The minimum Gasteiger partial charge on any atom is -0.373 e. The molecule has 3 rings (SSSR count). The standard InChI is InChI=1S/C16H25N3.2ClH/c1-3-8-19-9-4-5-13-10-14-12(11-15(13)19)6-7-16(17-2)18-14;;/h6-7,13,15H,3-5,8-11H2,1-2H3,(H,17,18);2*1H. The second kappa shape index (κ2) is 8.21. The Balaban J connectivity index is 0.00000110. The molecule has 120 valence electrons. The summed E-state index contributed by atoms with van der Waals surface area (Å²) < 4.78 is 0. The Morgan fingerprint density at radius 2 is 2.10 bits per heavy atom. The van der Waals surface area contributed by atoms with Crippen molar-refractivity contribution >= 4 is 30.6 Å². The molecule has 1 fully saturated rings. The number of rotatable bonds is 3. The van der Waals surface area contributed by atoms with Gasteiger partial charge in [0.2, 0.25) is 0 Å². The molecule has 1 saturated heterocycles. The minimum atomic E-state index is 0. The second-order valence-corrected chi connectivity index (χ2v) is 5.97. The average Bonchev–Trinajstić information content (AvgIpc) is 2.45. The largest absolute Gasteiger partial charge is 0.373 e. The molecule has 1 aromatic rings. The van der Waals surface area contributed by atoms with Crippen LogP contribution in [0.15, 0.2) is 12.1 Å². The molecule has 0 spiro atoms. The van der Waals surface area contributed by atoms with Gasteiger partial charge < -0.3 is 5.32 Å². The highest BCUT2D eigenvalue weighted by atomic mass is 35.5. The van der Waals surface area contributed by atoms with E-state index in [1.807, 2.05) is 7.05 Å². The first-order valence-corrected chi connectivity index (χ1v) is 7.72. The smallest absolute Gasteiger partial charge is 0.125 e. The van der Waals surface area contributed by atoms with Crippen LogP contribution in [0.3, 0.4) is 0 Å². The highest BCUT2D eigenvalue weighted by Crippen LogP contribution is 2.34. The third-order valence-electron chi connectivity index (χ3n) is 4.75. The van der Waals surface area contributed by atoms with Crippen molar-refractivity contribution in [3.63, 3.8) is 0 Å². The van der Waals surface area contributed by atoms with E-state index in [2.05, 4.69) is 29.3 Å². The summed E-state index contributed by atoms with van der Waals surface area (Å²) in [6.07, 6.45) is 6.40. The predicted octanol–water partition coefficient (Wildman–Crippen LogP) is 3.56. The van der Waals surface area contributed by atoms with Crippen molar-refractivity contribution in [2.45, 2.75) is 45.1 Å². The van der Waals surface area contributed by atoms with Gasteiger partial charge in [-0.3, -0.25) is 4.90 Å². The van der Waals surface area contributed by atoms with Crippen LogP contribution in [0.1, 0.15) is 37.4 Å². The van der Waals surface area contributed by atoms with Gasteiger partial charge in [-0.05, 0) is 62.7 Å². The monoisotopic (exact) mass is 331 g/mol. The number of piperidine rings is 1. The highest BCUT2D eigenvalue weighted by molar-refractivity contribution is 5.85. The lowest BCUT2D eigenvalue weighted by molar-refractivity contribution is 0.0846. The van der Waals surface area contributed by atoms with Crippen molar-refractivity contribution in [1.82, 2.24) is 9.88 Å². The molecular weight excluding hydrogens is 305 g/mol. The number of hydrogen-bond acceptors (Lipinski definition) is 3. The van der Waals surface area contributed by atoms with Crippen molar-refractivity contribution in [3.05, 3.63) is 23.4 Å². The van der Waals surface area contributed by atoms with Gasteiger partial charge >= 0.3 is 0 Å². The summed E-state index contributed by atoms with van der Waals surface area (Å²) in [4.78, 5) is 7.49. The van der Waals surface area contributed by atoms with Crippen LogP contribution in [-0.2, 0) is 12.8 Å². The molecule has 2 unspecified atom stereocenters. The van der Waals surface area contributed by atoms with E-state index in [4.69, 9.17) is 4.98 Å². The highest BCUT2D eigenvalue weighted by Gasteiger charge is 2.35. The minimum absolute atomic E-state index is 0. The van der Waals surface area contributed by atoms with Crippen molar-refractivity contribution in [3.8, 4) is 0 Å². The number of likely N-dealkylation sites (tertiary alicyclic amines) is 1. The topological polar surface area (TPSA) is 28.2 Å². The summed E-state index contributed by atoms with van der Waals surface area (Å²) in [6, 6.07) is 5.17. The van der Waals surface area contributed by atoms with Crippen LogP contribution < -0.4 is 5.32 Å². The van der Waals surface area contributed by atoms with Gasteiger partial charge in [-0.25, -0.2) is 4.98 Å². The van der Waals surface area contributed by atoms with E-state index >= 15 is 0 Å². The lowest BCUT2D eigenvalue weighted by atomic mass is 9.77. The molecule has 21 heavy (non-hydrogen) atoms. The number of pyridine rings is 1. The molecule has 0 saturated carbocycles. The third kappa shape index (κ3) is 3.82. The van der Waals surface area contributed by atoms with Crippen LogP contribution in [0.5, 0.6) is 0 Å². The lowest BCUT2D eigenvalue weighted by Crippen LogP contribution is -2.49. The first-order valence-electron chi connectivity index (χ1n) is 7.72. The van der Waals surface area contributed by atoms with Gasteiger partial charge in [0, 0.05) is 18.8 Å². The SMILES string of the molecule is CCCN1CCCC2Cc3nc(NC)ccc3CC21.Cl.Cl. The Labute approximate surface area is 140 Å². The van der Waals surface area contributed by atoms with Crippen molar-refractivity contribution in [2.75, 3.05) is 25.5 Å². The van der Waals surface area contributed by atoms with Crippen LogP contribution in [0.2, 0.25) is 0 Å². The van der Waals surface area contributed by atoms with E-state index in [0.717, 1.165) is 17.8 Å². The van der Waals surface area contributed by atoms with Gasteiger partial charge in [0.1, 0.15) is 5.82 Å². The fraction of sp³-hybridized carbons (Fsp3) is 0.688. The number of nitrogens with one attached hydrogen (secondary N) is 1. The first kappa shape index (κ1) is 18.5. The molecule has 2 heterocycles. The quantitative estimate of drug-likeness (QED) is 0.917. The Bertz CT molecular complexity index is 451. The van der Waals surface area contributed by atoms with Crippen molar-refractivity contribution in [2.24, 2.45) is 5.92 Å². The number of hydrogen-bond donors (Lipinski definition) is 1. The lowest BCUT2D eigenvalue weighted by Gasteiger charge is -2.44. The molecule has 0 amide bonds. The van der Waals surface area contributed by atoms with Gasteiger partial charge in [0.25, 0.3) is 0 Å². The number of halogens is 2. The van der Waals surface area contributed by atoms with Gasteiger partial charge in [-0.2, -0.15) is 0 Å². The maximum atomic E-state index is 4.76. The zero-order chi connectivity index (χ0) is 13.2. The first-order chi connectivity index (χ1) is 9.31. The zero-order valence-electron chi connectivity index (χ0n) is 13.0. The van der Waals surface area contributed by atoms with E-state index in [0.29, 0.717) is 0 Å². The molecule has 0 bridgehead atoms. The normalized spacial score (nSPS) is 24.1. The molecular formula is C16H27Cl2N3. The van der Waals surface area contributed by atoms with E-state index in [9.17, 15) is 0 Å². The summed E-state index contributed by atoms with van der Waals surface area (Å²) >= 11 is 0. The molecule has 3 nitrogen and oxygen atoms in total. The van der Waals surface area contributed by atoms with Gasteiger partial charge in [-0.15, -0.1) is 24.8 Å². The van der Waals surface area contributed by atoms with Crippen LogP contribution >= 0.6 is 24.8 Å². The zero-order valence-corrected chi connectivity index (χ0v) is 14.6. The fourth-order valence-electron chi connectivity index (χ4n) is 3.82. The van der Waals surface area contributed by atoms with Crippen LogP contribution in [-0.4, -0.2) is 36.1 Å². The van der Waals surface area contributed by atoms with E-state index in [-0.39, 0.29) is 24.8 Å². The van der Waals surface area contributed by atoms with Crippen LogP contribution in [0.4, 0.5) is 5.82 Å². The Hall–Kier alpha value is -0.510. The van der Waals surface area contributed by atoms with Gasteiger partial charge in [0.05, 0.1) is 0 Å². The Morgan fingerprint density at radius 1 is 1.29 bits per heavy atom. The maximum Gasteiger partial charge on any atom is 0.125 e. The molecule has 1 aliphatic carbocycles. The van der Waals surface area contributed by atoms with E-state index in [1.165, 1.54) is 56.5 Å². The average molecular weight is 332 g/mol. The molecule has 0 radical (unpaired) electrons. The Kier molecular flexibility index (Phi) is 7.25. The van der Waals surface area contributed by atoms with Gasteiger partial charge in [0.15, 0.2) is 0 Å². The number of nitrogens with zero attached hydrogens (tertiary/aromatic N) is 2. The van der Waals surface area contributed by atoms with Gasteiger partial charge in [-0.1, -0.05) is 13.0 Å². The fourth-order valence-corrected chi connectivity index (χ4v) is 3.82. The van der Waals surface area contributed by atoms with E-state index < -0.39 is 0 Å². The molecule has 1 aliphatic heterocycles. The number of anilines is 1. The van der Waals surface area contributed by atoms with E-state index in [1.54, 1.807) is 0 Å². The summed E-state index contributed by atoms with van der Waals surface area (Å²) in [6.45, 7) is 4.85. The second-order valence-electron chi connectivity index (χ2n) is 5.97. The maximum absolute atomic E-state index is 4.76. The molecule has 1 aromatic heterocycles. The van der Waals surface area contributed by atoms with Crippen molar-refractivity contribution < 1.29 is 0 Å². The predicted molar refractivity (Wildman–Crippen MR) is 94.1 cm³/mol. The number of aromatic nitrogens is 1. The van der Waals surface area contributed by atoms with Crippen LogP contribution in [0, 0.1) is 5.92 Å². The molecule has 0 aromatic carbocycles. The summed E-state index contributed by atoms with van der Waals surface area (Å²) in [5.41, 5.74) is 2.81. The molecule has 1 N–H and O–H groups in total. The summed E-state index contributed by atoms with van der Waals surface area (Å²) in [5.74, 6) is 1.84. The van der Waals surface area contributed by atoms with Crippen molar-refractivity contribution in [1.29, 1.82) is 0 Å². The molecule has 5 heteroatoms. The third-order valence-corrected chi connectivity index (χ3v) is 4.75. The molecule has 2 aliphatic rings. The molecule has 2 atom stereocenters. The van der Waals surface area contributed by atoms with Crippen LogP contribution in [0.25, 0.3) is 0 Å².